The monoisotopic (exact) mass is 394 g/mol. The van der Waals surface area contributed by atoms with Crippen LogP contribution >= 0.6 is 23.1 Å². The van der Waals surface area contributed by atoms with Gasteiger partial charge in [0.2, 0.25) is 0 Å². The van der Waals surface area contributed by atoms with Crippen molar-refractivity contribution in [1.29, 1.82) is 0 Å². The molecule has 0 unspecified atom stereocenters. The summed E-state index contributed by atoms with van der Waals surface area (Å²) in [4.78, 5) is 4.75. The minimum Gasteiger partial charge on any atom is -0.497 e. The molecular formula is C20H18N4OS2. The summed E-state index contributed by atoms with van der Waals surface area (Å²) in [5.41, 5.74) is 3.17. The van der Waals surface area contributed by atoms with Crippen molar-refractivity contribution in [3.8, 4) is 27.7 Å². The van der Waals surface area contributed by atoms with E-state index >= 15 is 0 Å². The molecular weight excluding hydrogens is 376 g/mol. The normalized spacial score (nSPS) is 10.9. The molecule has 4 rings (SSSR count). The van der Waals surface area contributed by atoms with Crippen molar-refractivity contribution >= 4 is 23.1 Å². The summed E-state index contributed by atoms with van der Waals surface area (Å²) in [6, 6.07) is 18.1. The van der Waals surface area contributed by atoms with Gasteiger partial charge in [-0.1, -0.05) is 54.2 Å². The molecule has 2 aromatic carbocycles. The minimum atomic E-state index is 0.751. The number of methoxy groups -OCH3 is 1. The van der Waals surface area contributed by atoms with Crippen molar-refractivity contribution in [2.45, 2.75) is 10.9 Å². The Hall–Kier alpha value is -2.64. The van der Waals surface area contributed by atoms with Crippen LogP contribution in [-0.2, 0) is 12.8 Å². The van der Waals surface area contributed by atoms with Crippen LogP contribution in [0.2, 0.25) is 0 Å². The quantitative estimate of drug-likeness (QED) is 0.435. The maximum atomic E-state index is 5.30. The molecule has 0 aliphatic heterocycles. The largest absolute Gasteiger partial charge is 0.497 e. The van der Waals surface area contributed by atoms with E-state index in [2.05, 4.69) is 15.6 Å². The highest BCUT2D eigenvalue weighted by Gasteiger charge is 2.12. The molecule has 4 aromatic rings. The van der Waals surface area contributed by atoms with Gasteiger partial charge in [-0.25, -0.2) is 4.98 Å². The van der Waals surface area contributed by atoms with E-state index in [0.29, 0.717) is 0 Å². The number of hydrogen-bond donors (Lipinski definition) is 0. The molecule has 0 aliphatic rings. The Labute approximate surface area is 166 Å². The molecule has 0 fully saturated rings. The predicted octanol–water partition coefficient (Wildman–Crippen LogP) is 4.91. The van der Waals surface area contributed by atoms with E-state index in [-0.39, 0.29) is 0 Å². The van der Waals surface area contributed by atoms with E-state index in [1.165, 1.54) is 0 Å². The third-order valence-corrected chi connectivity index (χ3v) is 6.08. The Kier molecular flexibility index (Phi) is 5.22. The number of thioether (sulfide) groups is 1. The first-order chi connectivity index (χ1) is 13.2. The molecule has 0 spiro atoms. The SMILES string of the molecule is COc1cccc(-c2nc(CSc3nnc(-c4ccccc4)n3C)cs2)c1. The van der Waals surface area contributed by atoms with E-state index in [1.54, 1.807) is 30.2 Å². The van der Waals surface area contributed by atoms with Crippen molar-refractivity contribution in [2.24, 2.45) is 7.05 Å². The second-order valence-corrected chi connectivity index (χ2v) is 7.70. The van der Waals surface area contributed by atoms with Gasteiger partial charge >= 0.3 is 0 Å². The number of nitrogens with zero attached hydrogens (tertiary/aromatic N) is 4. The van der Waals surface area contributed by atoms with Crippen LogP contribution in [0.25, 0.3) is 22.0 Å². The van der Waals surface area contributed by atoms with Gasteiger partial charge in [-0.15, -0.1) is 21.5 Å². The summed E-state index contributed by atoms with van der Waals surface area (Å²) in [6.07, 6.45) is 0. The van der Waals surface area contributed by atoms with Gasteiger partial charge in [0.15, 0.2) is 11.0 Å². The third-order valence-electron chi connectivity index (χ3n) is 4.08. The molecule has 0 saturated heterocycles. The van der Waals surface area contributed by atoms with E-state index in [4.69, 9.17) is 9.72 Å². The second-order valence-electron chi connectivity index (χ2n) is 5.90. The number of aromatic nitrogens is 4. The maximum Gasteiger partial charge on any atom is 0.191 e. The predicted molar refractivity (Wildman–Crippen MR) is 110 cm³/mol. The van der Waals surface area contributed by atoms with Crippen LogP contribution in [0, 0.1) is 0 Å². The van der Waals surface area contributed by atoms with Crippen molar-refractivity contribution in [3.63, 3.8) is 0 Å². The molecule has 0 aliphatic carbocycles. The van der Waals surface area contributed by atoms with Crippen molar-refractivity contribution in [2.75, 3.05) is 7.11 Å². The van der Waals surface area contributed by atoms with Crippen molar-refractivity contribution < 1.29 is 4.74 Å². The van der Waals surface area contributed by atoms with Crippen LogP contribution in [0.15, 0.2) is 65.1 Å². The lowest BCUT2D eigenvalue weighted by Gasteiger charge is -2.03. The van der Waals surface area contributed by atoms with Gasteiger partial charge in [0.25, 0.3) is 0 Å². The molecule has 0 saturated carbocycles. The van der Waals surface area contributed by atoms with Crippen LogP contribution < -0.4 is 4.74 Å². The summed E-state index contributed by atoms with van der Waals surface area (Å²) < 4.78 is 7.32. The first-order valence-corrected chi connectivity index (χ1v) is 10.3. The highest BCUT2D eigenvalue weighted by molar-refractivity contribution is 7.98. The summed E-state index contributed by atoms with van der Waals surface area (Å²) in [7, 11) is 3.67. The van der Waals surface area contributed by atoms with E-state index in [9.17, 15) is 0 Å². The molecule has 136 valence electrons. The van der Waals surface area contributed by atoms with Crippen LogP contribution in [0.5, 0.6) is 5.75 Å². The maximum absolute atomic E-state index is 5.30. The standard InChI is InChI=1S/C20H18N4OS2/c1-24-18(14-7-4-3-5-8-14)22-23-20(24)27-13-16-12-26-19(21-16)15-9-6-10-17(11-15)25-2/h3-12H,13H2,1-2H3. The van der Waals surface area contributed by atoms with Crippen LogP contribution in [0.4, 0.5) is 0 Å². The van der Waals surface area contributed by atoms with Gasteiger partial charge in [0.05, 0.1) is 12.8 Å². The Morgan fingerprint density at radius 3 is 2.67 bits per heavy atom. The topological polar surface area (TPSA) is 52.8 Å². The average molecular weight is 395 g/mol. The zero-order valence-corrected chi connectivity index (χ0v) is 16.6. The molecule has 7 heteroatoms. The van der Waals surface area contributed by atoms with Gasteiger partial charge in [-0.2, -0.15) is 0 Å². The Morgan fingerprint density at radius 2 is 1.85 bits per heavy atom. The van der Waals surface area contributed by atoms with Gasteiger partial charge in [0, 0.05) is 29.3 Å². The Morgan fingerprint density at radius 1 is 1.04 bits per heavy atom. The van der Waals surface area contributed by atoms with Crippen molar-refractivity contribution in [1.82, 2.24) is 19.7 Å². The fourth-order valence-electron chi connectivity index (χ4n) is 2.68. The lowest BCUT2D eigenvalue weighted by atomic mass is 10.2. The first-order valence-electron chi connectivity index (χ1n) is 8.41. The molecule has 0 radical (unpaired) electrons. The smallest absolute Gasteiger partial charge is 0.191 e. The highest BCUT2D eigenvalue weighted by Crippen LogP contribution is 2.30. The van der Waals surface area contributed by atoms with E-state index in [1.807, 2.05) is 66.2 Å². The Balaban J connectivity index is 1.47. The number of thiazole rings is 1. The summed E-state index contributed by atoms with van der Waals surface area (Å²) in [6.45, 7) is 0. The molecule has 2 aromatic heterocycles. The van der Waals surface area contributed by atoms with Crippen molar-refractivity contribution in [3.05, 3.63) is 65.7 Å². The molecule has 0 N–H and O–H groups in total. The van der Waals surface area contributed by atoms with Gasteiger partial charge in [-0.3, -0.25) is 0 Å². The Bertz CT molecular complexity index is 1040. The highest BCUT2D eigenvalue weighted by atomic mass is 32.2. The van der Waals surface area contributed by atoms with Crippen LogP contribution in [0.3, 0.4) is 0 Å². The molecule has 0 amide bonds. The number of benzene rings is 2. The zero-order valence-electron chi connectivity index (χ0n) is 15.0. The fraction of sp³-hybridized carbons (Fsp3) is 0.150. The molecule has 5 nitrogen and oxygen atoms in total. The van der Waals surface area contributed by atoms with Gasteiger partial charge in [0.1, 0.15) is 10.8 Å². The average Bonchev–Trinajstić information content (AvgIpc) is 3.34. The summed E-state index contributed by atoms with van der Waals surface area (Å²) >= 11 is 3.28. The van der Waals surface area contributed by atoms with E-state index in [0.717, 1.165) is 44.3 Å². The lowest BCUT2D eigenvalue weighted by molar-refractivity contribution is 0.415. The number of ether oxygens (including phenoxy) is 1. The zero-order chi connectivity index (χ0) is 18.6. The van der Waals surface area contributed by atoms with Crippen LogP contribution in [-0.4, -0.2) is 26.9 Å². The second kappa shape index (κ2) is 7.94. The number of rotatable bonds is 6. The fourth-order valence-corrected chi connectivity index (χ4v) is 4.41. The van der Waals surface area contributed by atoms with Gasteiger partial charge in [-0.05, 0) is 12.1 Å². The molecule has 27 heavy (non-hydrogen) atoms. The lowest BCUT2D eigenvalue weighted by Crippen LogP contribution is -1.95. The van der Waals surface area contributed by atoms with E-state index < -0.39 is 0 Å². The molecule has 2 heterocycles. The number of hydrogen-bond acceptors (Lipinski definition) is 6. The third kappa shape index (κ3) is 3.89. The molecule has 0 atom stereocenters. The summed E-state index contributed by atoms with van der Waals surface area (Å²) in [5.74, 6) is 2.46. The molecule has 0 bridgehead atoms. The summed E-state index contributed by atoms with van der Waals surface area (Å²) in [5, 5.41) is 12.6. The van der Waals surface area contributed by atoms with Gasteiger partial charge < -0.3 is 9.30 Å². The minimum absolute atomic E-state index is 0.751. The first kappa shape index (κ1) is 17.8. The van der Waals surface area contributed by atoms with Crippen LogP contribution in [0.1, 0.15) is 5.69 Å².